The molecule has 0 amide bonds. The number of carbonyl (C=O) groups is 2. The molecule has 0 spiro atoms. The van der Waals surface area contributed by atoms with Crippen LogP contribution in [-0.4, -0.2) is 26.7 Å². The molecule has 0 saturated heterocycles. The molecule has 0 aliphatic carbocycles. The summed E-state index contributed by atoms with van der Waals surface area (Å²) in [6, 6.07) is 14.7. The van der Waals surface area contributed by atoms with Gasteiger partial charge in [-0.3, -0.25) is 4.79 Å². The van der Waals surface area contributed by atoms with Crippen molar-refractivity contribution in [3.63, 3.8) is 0 Å². The number of aliphatic carboxylic acids is 1. The summed E-state index contributed by atoms with van der Waals surface area (Å²) in [5.74, 6) is -2.05. The molecule has 3 rings (SSSR count). The number of benzene rings is 2. The maximum Gasteiger partial charge on any atom is 0.352 e. The molecule has 5 nitrogen and oxygen atoms in total. The highest BCUT2D eigenvalue weighted by Gasteiger charge is 2.23. The second kappa shape index (κ2) is 6.99. The number of aryl methyl sites for hydroxylation is 1. The van der Waals surface area contributed by atoms with Crippen LogP contribution < -0.4 is 0 Å². The molecule has 2 N–H and O–H groups in total. The van der Waals surface area contributed by atoms with E-state index < -0.39 is 11.9 Å². The van der Waals surface area contributed by atoms with E-state index in [1.165, 1.54) is 0 Å². The molecule has 6 heteroatoms. The minimum absolute atomic E-state index is 0.113. The van der Waals surface area contributed by atoms with Gasteiger partial charge in [0.05, 0.1) is 0 Å². The van der Waals surface area contributed by atoms with E-state index >= 15 is 0 Å². The Morgan fingerprint density at radius 2 is 1.76 bits per heavy atom. The molecule has 2 aromatic carbocycles. The zero-order chi connectivity index (χ0) is 18.0. The largest absolute Gasteiger partial charge is 0.481 e. The first-order chi connectivity index (χ1) is 12.0. The van der Waals surface area contributed by atoms with Crippen LogP contribution in [0.5, 0.6) is 0 Å². The molecule has 25 heavy (non-hydrogen) atoms. The van der Waals surface area contributed by atoms with Crippen LogP contribution in [0.2, 0.25) is 5.02 Å². The van der Waals surface area contributed by atoms with E-state index in [-0.39, 0.29) is 18.5 Å². The van der Waals surface area contributed by atoms with E-state index in [0.717, 1.165) is 11.1 Å². The predicted molar refractivity (Wildman–Crippen MR) is 95.4 cm³/mol. The van der Waals surface area contributed by atoms with Crippen molar-refractivity contribution in [2.75, 3.05) is 0 Å². The van der Waals surface area contributed by atoms with Crippen LogP contribution in [0.1, 0.15) is 28.0 Å². The lowest BCUT2D eigenvalue weighted by Gasteiger charge is -2.09. The predicted octanol–water partition coefficient (Wildman–Crippen LogP) is 4.06. The number of aromatic nitrogens is 1. The van der Waals surface area contributed by atoms with Gasteiger partial charge in [-0.1, -0.05) is 41.9 Å². The summed E-state index contributed by atoms with van der Waals surface area (Å²) in [7, 11) is 0. The van der Waals surface area contributed by atoms with Crippen LogP contribution in [0.3, 0.4) is 0 Å². The van der Waals surface area contributed by atoms with Gasteiger partial charge < -0.3 is 14.8 Å². The number of halogens is 1. The summed E-state index contributed by atoms with van der Waals surface area (Å²) in [5, 5.41) is 19.9. The highest BCUT2D eigenvalue weighted by atomic mass is 35.5. The Morgan fingerprint density at radius 1 is 1.04 bits per heavy atom. The van der Waals surface area contributed by atoms with Gasteiger partial charge >= 0.3 is 11.9 Å². The van der Waals surface area contributed by atoms with Crippen molar-refractivity contribution in [1.82, 2.24) is 4.57 Å². The summed E-state index contributed by atoms with van der Waals surface area (Å²) in [5.41, 5.74) is 2.30. The van der Waals surface area contributed by atoms with Gasteiger partial charge in [0.15, 0.2) is 0 Å². The van der Waals surface area contributed by atoms with Gasteiger partial charge in [-0.25, -0.2) is 4.79 Å². The smallest absolute Gasteiger partial charge is 0.352 e. The Labute approximate surface area is 149 Å². The molecule has 0 bridgehead atoms. The van der Waals surface area contributed by atoms with Crippen molar-refractivity contribution in [3.8, 4) is 0 Å². The topological polar surface area (TPSA) is 79.5 Å². The van der Waals surface area contributed by atoms with Crippen molar-refractivity contribution in [2.24, 2.45) is 0 Å². The fourth-order valence-corrected chi connectivity index (χ4v) is 3.23. The highest BCUT2D eigenvalue weighted by molar-refractivity contribution is 6.31. The van der Waals surface area contributed by atoms with Gasteiger partial charge in [0.25, 0.3) is 0 Å². The molecule has 0 aliphatic rings. The Bertz CT molecular complexity index is 947. The third-order valence-electron chi connectivity index (χ3n) is 4.11. The normalized spacial score (nSPS) is 10.9. The van der Waals surface area contributed by atoms with Crippen LogP contribution >= 0.6 is 11.6 Å². The van der Waals surface area contributed by atoms with Crippen LogP contribution in [0.4, 0.5) is 0 Å². The van der Waals surface area contributed by atoms with E-state index in [9.17, 15) is 14.7 Å². The number of carboxylic acid groups (broad SMARTS) is 2. The van der Waals surface area contributed by atoms with Crippen LogP contribution in [-0.2, 0) is 17.8 Å². The summed E-state index contributed by atoms with van der Waals surface area (Å²) in [6.45, 7) is 0.383. The fraction of sp³-hybridized carbons (Fsp3) is 0.158. The first-order valence-corrected chi connectivity index (χ1v) is 8.15. The van der Waals surface area contributed by atoms with Crippen molar-refractivity contribution in [2.45, 2.75) is 19.4 Å². The Balaban J connectivity index is 2.21. The van der Waals surface area contributed by atoms with Crippen molar-refractivity contribution in [1.29, 1.82) is 0 Å². The van der Waals surface area contributed by atoms with Crippen molar-refractivity contribution >= 4 is 34.4 Å². The first kappa shape index (κ1) is 17.0. The third-order valence-corrected chi connectivity index (χ3v) is 4.34. The molecule has 1 heterocycles. The van der Waals surface area contributed by atoms with E-state index in [1.54, 1.807) is 22.8 Å². The zero-order valence-corrected chi connectivity index (χ0v) is 14.0. The molecule has 1 aromatic heterocycles. The molecule has 0 unspecified atom stereocenters. The molecule has 0 radical (unpaired) electrons. The average molecular weight is 358 g/mol. The van der Waals surface area contributed by atoms with Crippen LogP contribution in [0.25, 0.3) is 10.9 Å². The van der Waals surface area contributed by atoms with Crippen LogP contribution in [0, 0.1) is 0 Å². The van der Waals surface area contributed by atoms with Crippen molar-refractivity contribution in [3.05, 3.63) is 70.4 Å². The lowest BCUT2D eigenvalue weighted by molar-refractivity contribution is -0.136. The summed E-state index contributed by atoms with van der Waals surface area (Å²) < 4.78 is 1.71. The maximum absolute atomic E-state index is 11.9. The minimum Gasteiger partial charge on any atom is -0.481 e. The fourth-order valence-electron chi connectivity index (χ4n) is 3.06. The van der Waals surface area contributed by atoms with Gasteiger partial charge in [-0.15, -0.1) is 0 Å². The number of rotatable bonds is 6. The van der Waals surface area contributed by atoms with Crippen LogP contribution in [0.15, 0.2) is 48.5 Å². The van der Waals surface area contributed by atoms with Gasteiger partial charge in [-0.2, -0.15) is 0 Å². The first-order valence-electron chi connectivity index (χ1n) is 7.77. The van der Waals surface area contributed by atoms with E-state index in [0.29, 0.717) is 22.5 Å². The molecular weight excluding hydrogens is 342 g/mol. The van der Waals surface area contributed by atoms with Gasteiger partial charge in [-0.05, 0) is 35.7 Å². The van der Waals surface area contributed by atoms with Gasteiger partial charge in [0.2, 0.25) is 0 Å². The van der Waals surface area contributed by atoms with E-state index in [4.69, 9.17) is 16.7 Å². The summed E-state index contributed by atoms with van der Waals surface area (Å²) in [4.78, 5) is 22.9. The molecule has 0 atom stereocenters. The standard InChI is InChI=1S/C19H16ClNO4/c20-13-6-8-16-15(10-13)14(7-9-17(22)23)18(19(24)25)21(16)11-12-4-2-1-3-5-12/h1-6,8,10H,7,9,11H2,(H,22,23)(H,24,25). The third kappa shape index (κ3) is 3.51. The Hall–Kier alpha value is -2.79. The van der Waals surface area contributed by atoms with Crippen molar-refractivity contribution < 1.29 is 19.8 Å². The molecule has 0 aliphatic heterocycles. The second-order valence-corrected chi connectivity index (χ2v) is 6.20. The minimum atomic E-state index is -1.08. The molecule has 128 valence electrons. The zero-order valence-electron chi connectivity index (χ0n) is 13.3. The molecule has 3 aromatic rings. The lowest BCUT2D eigenvalue weighted by atomic mass is 10.1. The number of hydrogen-bond donors (Lipinski definition) is 2. The number of nitrogens with zero attached hydrogens (tertiary/aromatic N) is 1. The number of hydrogen-bond acceptors (Lipinski definition) is 2. The van der Waals surface area contributed by atoms with E-state index in [2.05, 4.69) is 0 Å². The number of fused-ring (bicyclic) bond motifs is 1. The highest BCUT2D eigenvalue weighted by Crippen LogP contribution is 2.31. The van der Waals surface area contributed by atoms with Gasteiger partial charge in [0.1, 0.15) is 5.69 Å². The Morgan fingerprint density at radius 3 is 2.40 bits per heavy atom. The maximum atomic E-state index is 11.9. The van der Waals surface area contributed by atoms with Gasteiger partial charge in [0, 0.05) is 28.9 Å². The number of aromatic carboxylic acids is 1. The molecule has 0 saturated carbocycles. The SMILES string of the molecule is O=C(O)CCc1c(C(=O)O)n(Cc2ccccc2)c2ccc(Cl)cc12. The lowest BCUT2D eigenvalue weighted by Crippen LogP contribution is -2.12. The van der Waals surface area contributed by atoms with E-state index in [1.807, 2.05) is 30.3 Å². The number of carboxylic acids is 2. The Kier molecular flexibility index (Phi) is 4.76. The quantitative estimate of drug-likeness (QED) is 0.697. The monoisotopic (exact) mass is 357 g/mol. The molecular formula is C19H16ClNO4. The second-order valence-electron chi connectivity index (χ2n) is 5.76. The summed E-state index contributed by atoms with van der Waals surface area (Å²) >= 11 is 6.08. The average Bonchev–Trinajstić information content (AvgIpc) is 2.87. The molecule has 0 fully saturated rings. The summed E-state index contributed by atoms with van der Waals surface area (Å²) in [6.07, 6.45) is -0.00710.